The number of benzene rings is 2. The minimum absolute atomic E-state index is 0.0620. The van der Waals surface area contributed by atoms with Crippen LogP contribution in [-0.2, 0) is 9.53 Å². The van der Waals surface area contributed by atoms with Gasteiger partial charge in [-0.2, -0.15) is 0 Å². The zero-order valence-electron chi connectivity index (χ0n) is 23.0. The number of ether oxygens (including phenoxy) is 4. The van der Waals surface area contributed by atoms with Crippen LogP contribution < -0.4 is 29.1 Å². The molecule has 0 unspecified atom stereocenters. The van der Waals surface area contributed by atoms with Crippen molar-refractivity contribution in [3.05, 3.63) is 95.6 Å². The number of thiazole rings is 1. The van der Waals surface area contributed by atoms with E-state index in [1.54, 1.807) is 45.2 Å². The van der Waals surface area contributed by atoms with Gasteiger partial charge in [-0.15, -0.1) is 0 Å². The van der Waals surface area contributed by atoms with E-state index >= 15 is 0 Å². The largest absolute Gasteiger partial charge is 0.493 e. The van der Waals surface area contributed by atoms with E-state index in [9.17, 15) is 9.59 Å². The zero-order chi connectivity index (χ0) is 29.0. The summed E-state index contributed by atoms with van der Waals surface area (Å²) in [5, 5.41) is 0. The Kier molecular flexibility index (Phi) is 9.32. The molecular formula is C30H31BrN2O6S. The summed E-state index contributed by atoms with van der Waals surface area (Å²) in [5.41, 5.74) is 1.86. The molecule has 0 bridgehead atoms. The molecule has 2 aromatic carbocycles. The average molecular weight is 628 g/mol. The molecule has 0 spiro atoms. The minimum Gasteiger partial charge on any atom is -0.493 e. The molecule has 8 nitrogen and oxygen atoms in total. The molecule has 0 N–H and O–H groups in total. The quantitative estimate of drug-likeness (QED) is 0.234. The molecule has 1 aliphatic heterocycles. The van der Waals surface area contributed by atoms with Gasteiger partial charge >= 0.3 is 5.97 Å². The Bertz CT molecular complexity index is 1650. The van der Waals surface area contributed by atoms with Crippen molar-refractivity contribution >= 4 is 39.3 Å². The maximum Gasteiger partial charge on any atom is 0.338 e. The lowest BCUT2D eigenvalue weighted by molar-refractivity contribution is -0.139. The molecule has 40 heavy (non-hydrogen) atoms. The molecule has 0 amide bonds. The van der Waals surface area contributed by atoms with Crippen molar-refractivity contribution in [2.45, 2.75) is 39.8 Å². The fourth-order valence-electron chi connectivity index (χ4n) is 4.37. The summed E-state index contributed by atoms with van der Waals surface area (Å²) >= 11 is 4.74. The first-order valence-corrected chi connectivity index (χ1v) is 14.4. The number of methoxy groups -OCH3 is 1. The van der Waals surface area contributed by atoms with Gasteiger partial charge < -0.3 is 18.9 Å². The molecule has 0 fully saturated rings. The van der Waals surface area contributed by atoms with E-state index < -0.39 is 12.0 Å². The Balaban J connectivity index is 1.95. The molecule has 10 heteroatoms. The van der Waals surface area contributed by atoms with E-state index in [1.165, 1.54) is 15.9 Å². The lowest BCUT2D eigenvalue weighted by atomic mass is 9.95. The predicted molar refractivity (Wildman–Crippen MR) is 159 cm³/mol. The van der Waals surface area contributed by atoms with E-state index in [0.717, 1.165) is 10.0 Å². The standard InChI is InChI=1S/C30H31BrN2O6S/c1-7-13-38-22-12-10-21(31)14-20(22)16-25-28(34)33-27(19-9-11-23(39-17(3)4)24(15-19)36-6)26(29(35)37-8-2)18(5)32-30(33)40-25/h7,9-12,14-17,27H,1,8,13H2,2-6H3/b25-16+/t27-/m1/s1. The van der Waals surface area contributed by atoms with Gasteiger partial charge in [0.1, 0.15) is 12.4 Å². The fourth-order valence-corrected chi connectivity index (χ4v) is 5.78. The number of carbonyl (C=O) groups is 1. The maximum absolute atomic E-state index is 14.0. The van der Waals surface area contributed by atoms with Gasteiger partial charge in [0.25, 0.3) is 5.56 Å². The first-order chi connectivity index (χ1) is 19.2. The highest BCUT2D eigenvalue weighted by molar-refractivity contribution is 9.10. The van der Waals surface area contributed by atoms with Crippen LogP contribution in [0.3, 0.4) is 0 Å². The highest BCUT2D eigenvalue weighted by Crippen LogP contribution is 2.36. The molecule has 3 aromatic rings. The topological polar surface area (TPSA) is 88.3 Å². The Morgan fingerprint density at radius 2 is 1.95 bits per heavy atom. The number of hydrogen-bond acceptors (Lipinski definition) is 8. The third-order valence-electron chi connectivity index (χ3n) is 6.00. The molecule has 1 atom stereocenters. The molecule has 0 radical (unpaired) electrons. The second kappa shape index (κ2) is 12.7. The molecule has 0 saturated carbocycles. The van der Waals surface area contributed by atoms with E-state index in [-0.39, 0.29) is 23.8 Å². The minimum atomic E-state index is -0.779. The molecule has 0 aliphatic carbocycles. The van der Waals surface area contributed by atoms with Gasteiger partial charge in [0.2, 0.25) is 0 Å². The van der Waals surface area contributed by atoms with Gasteiger partial charge in [-0.05, 0) is 69.7 Å². The van der Waals surface area contributed by atoms with Crippen LogP contribution in [0.1, 0.15) is 44.9 Å². The third-order valence-corrected chi connectivity index (χ3v) is 7.47. The molecule has 2 heterocycles. The van der Waals surface area contributed by atoms with Crippen molar-refractivity contribution in [2.75, 3.05) is 20.3 Å². The Hall–Kier alpha value is -3.63. The van der Waals surface area contributed by atoms with Crippen molar-refractivity contribution < 1.29 is 23.7 Å². The summed E-state index contributed by atoms with van der Waals surface area (Å²) < 4.78 is 25.5. The Morgan fingerprint density at radius 1 is 1.20 bits per heavy atom. The molecule has 4 rings (SSSR count). The van der Waals surface area contributed by atoms with Crippen LogP contribution in [0.5, 0.6) is 17.2 Å². The van der Waals surface area contributed by atoms with E-state index in [0.29, 0.717) is 44.4 Å². The lowest BCUT2D eigenvalue weighted by Crippen LogP contribution is -2.40. The Labute approximate surface area is 245 Å². The first-order valence-electron chi connectivity index (χ1n) is 12.8. The van der Waals surface area contributed by atoms with E-state index in [1.807, 2.05) is 38.1 Å². The summed E-state index contributed by atoms with van der Waals surface area (Å²) in [6, 6.07) is 10.2. The number of esters is 1. The van der Waals surface area contributed by atoms with Crippen LogP contribution in [-0.4, -0.2) is 37.0 Å². The SMILES string of the molecule is C=CCOc1ccc(Br)cc1/C=c1/sc2n(c1=O)[C@H](c1ccc(OC(C)C)c(OC)c1)C(C(=O)OCC)=C(C)N=2. The van der Waals surface area contributed by atoms with Crippen LogP contribution in [0.15, 0.2) is 74.6 Å². The summed E-state index contributed by atoms with van der Waals surface area (Å²) in [6.07, 6.45) is 3.37. The number of fused-ring (bicyclic) bond motifs is 1. The smallest absolute Gasteiger partial charge is 0.338 e. The third kappa shape index (κ3) is 6.08. The summed E-state index contributed by atoms with van der Waals surface area (Å²) in [7, 11) is 1.55. The summed E-state index contributed by atoms with van der Waals surface area (Å²) in [6.45, 7) is 11.6. The van der Waals surface area contributed by atoms with Gasteiger partial charge in [-0.3, -0.25) is 9.36 Å². The number of carbonyl (C=O) groups excluding carboxylic acids is 1. The lowest BCUT2D eigenvalue weighted by Gasteiger charge is -2.25. The molecule has 1 aliphatic rings. The van der Waals surface area contributed by atoms with Crippen molar-refractivity contribution in [1.29, 1.82) is 0 Å². The van der Waals surface area contributed by atoms with Gasteiger partial charge in [0.15, 0.2) is 16.3 Å². The monoisotopic (exact) mass is 626 g/mol. The number of rotatable bonds is 10. The van der Waals surface area contributed by atoms with Crippen LogP contribution in [0, 0.1) is 0 Å². The second-order valence-electron chi connectivity index (χ2n) is 9.16. The number of nitrogens with zero attached hydrogens (tertiary/aromatic N) is 2. The molecule has 210 valence electrons. The maximum atomic E-state index is 14.0. The van der Waals surface area contributed by atoms with Crippen molar-refractivity contribution in [2.24, 2.45) is 4.99 Å². The summed E-state index contributed by atoms with van der Waals surface area (Å²) in [4.78, 5) is 32.3. The van der Waals surface area contributed by atoms with Gasteiger partial charge in [-0.25, -0.2) is 9.79 Å². The van der Waals surface area contributed by atoms with Crippen LogP contribution in [0.25, 0.3) is 6.08 Å². The number of hydrogen-bond donors (Lipinski definition) is 0. The fraction of sp³-hybridized carbons (Fsp3) is 0.300. The highest BCUT2D eigenvalue weighted by atomic mass is 79.9. The molecule has 1 aromatic heterocycles. The van der Waals surface area contributed by atoms with Crippen LogP contribution >= 0.6 is 27.3 Å². The van der Waals surface area contributed by atoms with Crippen LogP contribution in [0.4, 0.5) is 0 Å². The number of aromatic nitrogens is 1. The van der Waals surface area contributed by atoms with E-state index in [4.69, 9.17) is 18.9 Å². The van der Waals surface area contributed by atoms with E-state index in [2.05, 4.69) is 27.5 Å². The van der Waals surface area contributed by atoms with Gasteiger partial charge in [0.05, 0.1) is 41.7 Å². The van der Waals surface area contributed by atoms with Crippen LogP contribution in [0.2, 0.25) is 0 Å². The predicted octanol–water partition coefficient (Wildman–Crippen LogP) is 4.92. The van der Waals surface area contributed by atoms with Crippen molar-refractivity contribution in [3.8, 4) is 17.2 Å². The van der Waals surface area contributed by atoms with Gasteiger partial charge in [-0.1, -0.05) is 46.0 Å². The number of halogens is 1. The first kappa shape index (κ1) is 29.4. The molecule has 0 saturated heterocycles. The second-order valence-corrected chi connectivity index (χ2v) is 11.1. The summed E-state index contributed by atoms with van der Waals surface area (Å²) in [5.74, 6) is 1.13. The van der Waals surface area contributed by atoms with Crippen molar-refractivity contribution in [1.82, 2.24) is 4.57 Å². The van der Waals surface area contributed by atoms with Crippen molar-refractivity contribution in [3.63, 3.8) is 0 Å². The highest BCUT2D eigenvalue weighted by Gasteiger charge is 2.34. The average Bonchev–Trinajstić information content (AvgIpc) is 3.21. The normalized spacial score (nSPS) is 15.0. The molecular weight excluding hydrogens is 596 g/mol. The number of allylic oxidation sites excluding steroid dienone is 1. The van der Waals surface area contributed by atoms with Gasteiger partial charge in [0, 0.05) is 10.0 Å². The zero-order valence-corrected chi connectivity index (χ0v) is 25.4. The Morgan fingerprint density at radius 3 is 2.62 bits per heavy atom.